The van der Waals surface area contributed by atoms with Crippen LogP contribution in [-0.2, 0) is 13.5 Å². The number of Topliss-reactive ketones (excluding diaryl/α,β-unsaturated/α-hetero) is 1. The van der Waals surface area contributed by atoms with Gasteiger partial charge in [-0.05, 0) is 0 Å². The number of rotatable bonds is 1. The minimum absolute atomic E-state index is 0.109. The predicted octanol–water partition coefficient (Wildman–Crippen LogP) is 1.63. The molecule has 0 saturated carbocycles. The van der Waals surface area contributed by atoms with Crippen LogP contribution in [0, 0.1) is 5.41 Å². The van der Waals surface area contributed by atoms with Gasteiger partial charge in [-0.1, -0.05) is 13.8 Å². The molecule has 0 unspecified atom stereocenters. The first-order chi connectivity index (χ1) is 7.81. The zero-order valence-corrected chi connectivity index (χ0v) is 11.1. The minimum atomic E-state index is -0.150. The van der Waals surface area contributed by atoms with Gasteiger partial charge in [-0.25, -0.2) is 0 Å². The van der Waals surface area contributed by atoms with Crippen molar-refractivity contribution in [2.75, 3.05) is 14.1 Å². The largest absolute Gasteiger partial charge is 0.383 e. The predicted molar refractivity (Wildman–Crippen MR) is 66.8 cm³/mol. The second-order valence-electron chi connectivity index (χ2n) is 5.56. The van der Waals surface area contributed by atoms with Crippen LogP contribution < -0.4 is 0 Å². The molecule has 0 spiro atoms. The molecule has 0 fully saturated rings. The van der Waals surface area contributed by atoms with Gasteiger partial charge in [0.05, 0.1) is 11.3 Å². The van der Waals surface area contributed by atoms with Gasteiger partial charge in [0.1, 0.15) is 0 Å². The van der Waals surface area contributed by atoms with Gasteiger partial charge in [0.15, 0.2) is 5.78 Å². The molecule has 92 valence electrons. The highest BCUT2D eigenvalue weighted by Gasteiger charge is 2.38. The van der Waals surface area contributed by atoms with E-state index in [0.717, 1.165) is 23.3 Å². The third kappa shape index (κ3) is 1.99. The molecular formula is C13H19N3O. The molecule has 4 nitrogen and oxygen atoms in total. The van der Waals surface area contributed by atoms with Crippen LogP contribution in [0.15, 0.2) is 18.0 Å². The van der Waals surface area contributed by atoms with Crippen LogP contribution in [-0.4, -0.2) is 34.6 Å². The normalized spacial score (nSPS) is 20.5. The molecule has 1 aliphatic rings. The molecule has 1 aromatic heterocycles. The van der Waals surface area contributed by atoms with Gasteiger partial charge < -0.3 is 4.90 Å². The van der Waals surface area contributed by atoms with Crippen molar-refractivity contribution >= 4 is 5.78 Å². The van der Waals surface area contributed by atoms with Gasteiger partial charge >= 0.3 is 0 Å². The maximum atomic E-state index is 12.4. The molecule has 4 heteroatoms. The van der Waals surface area contributed by atoms with E-state index in [2.05, 4.69) is 18.9 Å². The Kier molecular flexibility index (Phi) is 2.60. The maximum Gasteiger partial charge on any atom is 0.194 e. The van der Waals surface area contributed by atoms with E-state index in [1.54, 1.807) is 4.68 Å². The standard InChI is InChI=1S/C13H19N3O/c1-13(2)6-11-9(7-16(5)14-11)12(17)10(13)8-15(3)4/h7-8H,6H2,1-5H3/b10-8+. The first kappa shape index (κ1) is 11.9. The zero-order chi connectivity index (χ0) is 12.8. The fraction of sp³-hybridized carbons (Fsp3) is 0.538. The van der Waals surface area contributed by atoms with Crippen LogP contribution in [0.5, 0.6) is 0 Å². The second-order valence-corrected chi connectivity index (χ2v) is 5.56. The number of aryl methyl sites for hydroxylation is 1. The van der Waals surface area contributed by atoms with Gasteiger partial charge in [-0.15, -0.1) is 0 Å². The number of fused-ring (bicyclic) bond motifs is 1. The lowest BCUT2D eigenvalue weighted by Crippen LogP contribution is -2.31. The molecule has 0 N–H and O–H groups in total. The number of carbonyl (C=O) groups excluding carboxylic acids is 1. The Morgan fingerprint density at radius 1 is 1.47 bits per heavy atom. The summed E-state index contributed by atoms with van der Waals surface area (Å²) in [6.45, 7) is 4.19. The fourth-order valence-corrected chi connectivity index (χ4v) is 2.31. The van der Waals surface area contributed by atoms with Crippen molar-refractivity contribution in [3.63, 3.8) is 0 Å². The molecule has 17 heavy (non-hydrogen) atoms. The van der Waals surface area contributed by atoms with Gasteiger partial charge in [-0.3, -0.25) is 9.48 Å². The second kappa shape index (κ2) is 3.72. The lowest BCUT2D eigenvalue weighted by molar-refractivity contribution is 0.0992. The number of hydrogen-bond donors (Lipinski definition) is 0. The number of carbonyl (C=O) groups is 1. The highest BCUT2D eigenvalue weighted by Crippen LogP contribution is 2.38. The van der Waals surface area contributed by atoms with E-state index in [0.29, 0.717) is 0 Å². The van der Waals surface area contributed by atoms with Crippen LogP contribution in [0.1, 0.15) is 29.9 Å². The first-order valence-electron chi connectivity index (χ1n) is 5.77. The summed E-state index contributed by atoms with van der Waals surface area (Å²) in [6.07, 6.45) is 4.56. The average molecular weight is 233 g/mol. The highest BCUT2D eigenvalue weighted by atomic mass is 16.1. The first-order valence-corrected chi connectivity index (χ1v) is 5.77. The smallest absolute Gasteiger partial charge is 0.194 e. The maximum absolute atomic E-state index is 12.4. The Labute approximate surface area is 102 Å². The summed E-state index contributed by atoms with van der Waals surface area (Å²) in [5.74, 6) is 0.109. The topological polar surface area (TPSA) is 38.1 Å². The summed E-state index contributed by atoms with van der Waals surface area (Å²) in [5, 5.41) is 4.37. The summed E-state index contributed by atoms with van der Waals surface area (Å²) in [6, 6.07) is 0. The minimum Gasteiger partial charge on any atom is -0.383 e. The molecule has 0 bridgehead atoms. The van der Waals surface area contributed by atoms with E-state index < -0.39 is 0 Å². The molecule has 2 rings (SSSR count). The van der Waals surface area contributed by atoms with Gasteiger partial charge in [0.2, 0.25) is 0 Å². The van der Waals surface area contributed by atoms with Crippen LogP contribution >= 0.6 is 0 Å². The van der Waals surface area contributed by atoms with Crippen molar-refractivity contribution in [2.45, 2.75) is 20.3 Å². The van der Waals surface area contributed by atoms with Gasteiger partial charge in [-0.2, -0.15) is 5.10 Å². The molecule has 0 aliphatic heterocycles. The van der Waals surface area contributed by atoms with E-state index in [9.17, 15) is 4.79 Å². The number of ketones is 1. The SMILES string of the molecule is CN(C)/C=C1\C(=O)c2cn(C)nc2CC1(C)C. The van der Waals surface area contributed by atoms with Crippen molar-refractivity contribution in [3.8, 4) is 0 Å². The summed E-state index contributed by atoms with van der Waals surface area (Å²) >= 11 is 0. The van der Waals surface area contributed by atoms with Crippen molar-refractivity contribution < 1.29 is 4.79 Å². The van der Waals surface area contributed by atoms with Crippen LogP contribution in [0.25, 0.3) is 0 Å². The summed E-state index contributed by atoms with van der Waals surface area (Å²) in [4.78, 5) is 14.4. The third-order valence-corrected chi connectivity index (χ3v) is 3.12. The van der Waals surface area contributed by atoms with E-state index in [-0.39, 0.29) is 11.2 Å². The van der Waals surface area contributed by atoms with E-state index in [1.165, 1.54) is 0 Å². The lowest BCUT2D eigenvalue weighted by atomic mass is 9.72. The van der Waals surface area contributed by atoms with Gasteiger partial charge in [0.25, 0.3) is 0 Å². The molecule has 0 atom stereocenters. The van der Waals surface area contributed by atoms with E-state index in [4.69, 9.17) is 0 Å². The van der Waals surface area contributed by atoms with Crippen molar-refractivity contribution in [1.82, 2.24) is 14.7 Å². The quantitative estimate of drug-likeness (QED) is 0.692. The van der Waals surface area contributed by atoms with Crippen LogP contribution in [0.2, 0.25) is 0 Å². The zero-order valence-electron chi connectivity index (χ0n) is 11.1. The Hall–Kier alpha value is -1.58. The summed E-state index contributed by atoms with van der Waals surface area (Å²) < 4.78 is 1.72. The summed E-state index contributed by atoms with van der Waals surface area (Å²) in [7, 11) is 5.73. The van der Waals surface area contributed by atoms with E-state index in [1.807, 2.05) is 38.4 Å². The van der Waals surface area contributed by atoms with Crippen molar-refractivity contribution in [3.05, 3.63) is 29.2 Å². The number of allylic oxidation sites excluding steroid dienone is 1. The molecular weight excluding hydrogens is 214 g/mol. The van der Waals surface area contributed by atoms with Crippen LogP contribution in [0.4, 0.5) is 0 Å². The highest BCUT2D eigenvalue weighted by molar-refractivity contribution is 6.11. The Morgan fingerprint density at radius 2 is 2.12 bits per heavy atom. The molecule has 1 aromatic rings. The van der Waals surface area contributed by atoms with Crippen molar-refractivity contribution in [2.24, 2.45) is 12.5 Å². The Morgan fingerprint density at radius 3 is 2.71 bits per heavy atom. The van der Waals surface area contributed by atoms with Crippen LogP contribution in [0.3, 0.4) is 0 Å². The number of nitrogens with zero attached hydrogens (tertiary/aromatic N) is 3. The van der Waals surface area contributed by atoms with Crippen molar-refractivity contribution in [1.29, 1.82) is 0 Å². The lowest BCUT2D eigenvalue weighted by Gasteiger charge is -2.31. The monoisotopic (exact) mass is 233 g/mol. The molecule has 0 saturated heterocycles. The fourth-order valence-electron chi connectivity index (χ4n) is 2.31. The molecule has 0 amide bonds. The van der Waals surface area contributed by atoms with Gasteiger partial charge in [0, 0.05) is 50.9 Å². The molecule has 1 aliphatic carbocycles. The van der Waals surface area contributed by atoms with E-state index >= 15 is 0 Å². The third-order valence-electron chi connectivity index (χ3n) is 3.12. The Bertz CT molecular complexity index is 495. The summed E-state index contributed by atoms with van der Waals surface area (Å²) in [5.41, 5.74) is 2.38. The number of aromatic nitrogens is 2. The molecule has 0 radical (unpaired) electrons. The average Bonchev–Trinajstić information content (AvgIpc) is 2.52. The molecule has 0 aromatic carbocycles. The Balaban J connectivity index is 2.54. The number of hydrogen-bond acceptors (Lipinski definition) is 3. The molecule has 1 heterocycles.